The number of rotatable bonds is 2. The number of ketones is 1. The molecule has 1 saturated heterocycles. The van der Waals surface area contributed by atoms with Crippen molar-refractivity contribution in [1.82, 2.24) is 0 Å². The summed E-state index contributed by atoms with van der Waals surface area (Å²) in [6.07, 6.45) is 3.72. The van der Waals surface area contributed by atoms with Gasteiger partial charge >= 0.3 is 0 Å². The van der Waals surface area contributed by atoms with Crippen molar-refractivity contribution in [2.45, 2.75) is 45.3 Å². The van der Waals surface area contributed by atoms with E-state index in [-0.39, 0.29) is 12.0 Å². The van der Waals surface area contributed by atoms with Crippen LogP contribution in [0.15, 0.2) is 0 Å². The van der Waals surface area contributed by atoms with Gasteiger partial charge in [0, 0.05) is 5.92 Å². The molecule has 12 heavy (non-hydrogen) atoms. The van der Waals surface area contributed by atoms with E-state index in [0.29, 0.717) is 11.9 Å². The Labute approximate surface area is 73.3 Å². The summed E-state index contributed by atoms with van der Waals surface area (Å²) in [6, 6.07) is 0. The standard InChI is InChI=1S/C10H16O2/c1-6(2)10(11)8-4-3-7-5-9(7)12-8/h6-9H,3-5H2,1-2H3. The van der Waals surface area contributed by atoms with Crippen LogP contribution in [0.25, 0.3) is 0 Å². The summed E-state index contributed by atoms with van der Waals surface area (Å²) in [5.41, 5.74) is 0. The molecule has 2 heteroatoms. The molecule has 2 nitrogen and oxygen atoms in total. The maximum Gasteiger partial charge on any atom is 0.164 e. The van der Waals surface area contributed by atoms with E-state index in [1.165, 1.54) is 12.8 Å². The molecule has 0 N–H and O–H groups in total. The van der Waals surface area contributed by atoms with E-state index in [9.17, 15) is 4.79 Å². The number of carbonyl (C=O) groups excluding carboxylic acids is 1. The molecule has 0 aromatic rings. The van der Waals surface area contributed by atoms with Crippen molar-refractivity contribution in [3.8, 4) is 0 Å². The fourth-order valence-corrected chi connectivity index (χ4v) is 1.92. The second-order valence-electron chi connectivity index (χ2n) is 4.29. The van der Waals surface area contributed by atoms with Crippen molar-refractivity contribution < 1.29 is 9.53 Å². The lowest BCUT2D eigenvalue weighted by atomic mass is 9.98. The van der Waals surface area contributed by atoms with Gasteiger partial charge in [0.15, 0.2) is 5.78 Å². The molecule has 2 aliphatic rings. The van der Waals surface area contributed by atoms with Crippen molar-refractivity contribution in [3.63, 3.8) is 0 Å². The van der Waals surface area contributed by atoms with E-state index < -0.39 is 0 Å². The lowest BCUT2D eigenvalue weighted by Crippen LogP contribution is -2.31. The van der Waals surface area contributed by atoms with Crippen molar-refractivity contribution in [2.75, 3.05) is 0 Å². The summed E-state index contributed by atoms with van der Waals surface area (Å²) in [5, 5.41) is 0. The third kappa shape index (κ3) is 1.40. The smallest absolute Gasteiger partial charge is 0.164 e. The Bertz CT molecular complexity index is 198. The number of Topliss-reactive ketones (excluding diaryl/α,β-unsaturated/α-hetero) is 1. The van der Waals surface area contributed by atoms with Crippen LogP contribution in [0, 0.1) is 11.8 Å². The molecule has 0 amide bonds. The first-order valence-electron chi connectivity index (χ1n) is 4.87. The van der Waals surface area contributed by atoms with Crippen LogP contribution in [-0.2, 0) is 9.53 Å². The van der Waals surface area contributed by atoms with E-state index >= 15 is 0 Å². The van der Waals surface area contributed by atoms with Crippen molar-refractivity contribution in [2.24, 2.45) is 11.8 Å². The molecule has 68 valence electrons. The number of hydrogen-bond donors (Lipinski definition) is 0. The zero-order chi connectivity index (χ0) is 8.72. The molecular weight excluding hydrogens is 152 g/mol. The quantitative estimate of drug-likeness (QED) is 0.628. The van der Waals surface area contributed by atoms with E-state index in [1.54, 1.807) is 0 Å². The number of carbonyl (C=O) groups is 1. The number of hydrogen-bond acceptors (Lipinski definition) is 2. The van der Waals surface area contributed by atoms with Gasteiger partial charge in [0.25, 0.3) is 0 Å². The first kappa shape index (κ1) is 8.24. The highest BCUT2D eigenvalue weighted by atomic mass is 16.5. The van der Waals surface area contributed by atoms with Crippen molar-refractivity contribution in [1.29, 1.82) is 0 Å². The second-order valence-corrected chi connectivity index (χ2v) is 4.29. The van der Waals surface area contributed by atoms with Gasteiger partial charge in [-0.3, -0.25) is 4.79 Å². The fraction of sp³-hybridized carbons (Fsp3) is 0.900. The Morgan fingerprint density at radius 2 is 2.17 bits per heavy atom. The van der Waals surface area contributed by atoms with Gasteiger partial charge in [0.05, 0.1) is 6.10 Å². The first-order chi connectivity index (χ1) is 5.68. The minimum absolute atomic E-state index is 0.0752. The highest BCUT2D eigenvalue weighted by molar-refractivity contribution is 5.84. The molecule has 1 aliphatic carbocycles. The van der Waals surface area contributed by atoms with Crippen LogP contribution < -0.4 is 0 Å². The van der Waals surface area contributed by atoms with Crippen LogP contribution >= 0.6 is 0 Å². The monoisotopic (exact) mass is 168 g/mol. The maximum absolute atomic E-state index is 11.5. The largest absolute Gasteiger partial charge is 0.367 e. The van der Waals surface area contributed by atoms with Crippen LogP contribution in [0.4, 0.5) is 0 Å². The highest BCUT2D eigenvalue weighted by Gasteiger charge is 2.45. The van der Waals surface area contributed by atoms with Gasteiger partial charge in [-0.1, -0.05) is 13.8 Å². The lowest BCUT2D eigenvalue weighted by molar-refractivity contribution is -0.137. The van der Waals surface area contributed by atoms with E-state index in [4.69, 9.17) is 4.74 Å². The normalized spacial score (nSPS) is 39.4. The second kappa shape index (κ2) is 2.84. The summed E-state index contributed by atoms with van der Waals surface area (Å²) in [5.74, 6) is 1.21. The van der Waals surface area contributed by atoms with Crippen LogP contribution in [0.5, 0.6) is 0 Å². The Hall–Kier alpha value is -0.370. The molecule has 0 bridgehead atoms. The summed E-state index contributed by atoms with van der Waals surface area (Å²) in [4.78, 5) is 11.5. The lowest BCUT2D eigenvalue weighted by Gasteiger charge is -2.22. The molecular formula is C10H16O2. The molecule has 2 fully saturated rings. The van der Waals surface area contributed by atoms with E-state index in [0.717, 1.165) is 12.3 Å². The van der Waals surface area contributed by atoms with Crippen LogP contribution in [0.1, 0.15) is 33.1 Å². The zero-order valence-electron chi connectivity index (χ0n) is 7.75. The third-order valence-electron chi connectivity index (χ3n) is 2.88. The average Bonchev–Trinajstić information content (AvgIpc) is 2.79. The van der Waals surface area contributed by atoms with Crippen LogP contribution in [0.2, 0.25) is 0 Å². The van der Waals surface area contributed by atoms with Gasteiger partial charge in [-0.2, -0.15) is 0 Å². The highest BCUT2D eigenvalue weighted by Crippen LogP contribution is 2.43. The molecule has 0 spiro atoms. The summed E-state index contributed by atoms with van der Waals surface area (Å²) in [6.45, 7) is 3.90. The molecule has 1 heterocycles. The minimum atomic E-state index is -0.0752. The van der Waals surface area contributed by atoms with Crippen LogP contribution in [0.3, 0.4) is 0 Å². The predicted molar refractivity (Wildman–Crippen MR) is 45.8 cm³/mol. The summed E-state index contributed by atoms with van der Waals surface area (Å²) in [7, 11) is 0. The van der Waals surface area contributed by atoms with Gasteiger partial charge in [-0.25, -0.2) is 0 Å². The summed E-state index contributed by atoms with van der Waals surface area (Å²) < 4.78 is 5.63. The molecule has 3 unspecified atom stereocenters. The molecule has 1 aliphatic heterocycles. The molecule has 0 aromatic heterocycles. The fourth-order valence-electron chi connectivity index (χ4n) is 1.92. The number of fused-ring (bicyclic) bond motifs is 1. The van der Waals surface area contributed by atoms with Gasteiger partial charge in [0.1, 0.15) is 6.10 Å². The molecule has 2 rings (SSSR count). The van der Waals surface area contributed by atoms with E-state index in [2.05, 4.69) is 0 Å². The SMILES string of the molecule is CC(C)C(=O)C1CCC2CC2O1. The molecule has 1 saturated carbocycles. The Balaban J connectivity index is 1.91. The van der Waals surface area contributed by atoms with Gasteiger partial charge in [-0.15, -0.1) is 0 Å². The first-order valence-corrected chi connectivity index (χ1v) is 4.87. The minimum Gasteiger partial charge on any atom is -0.367 e. The Morgan fingerprint density at radius 3 is 2.75 bits per heavy atom. The summed E-state index contributed by atoms with van der Waals surface area (Å²) >= 11 is 0. The van der Waals surface area contributed by atoms with Crippen molar-refractivity contribution >= 4 is 5.78 Å². The molecule has 0 aromatic carbocycles. The van der Waals surface area contributed by atoms with Gasteiger partial charge < -0.3 is 4.74 Å². The van der Waals surface area contributed by atoms with Crippen molar-refractivity contribution in [3.05, 3.63) is 0 Å². The van der Waals surface area contributed by atoms with Gasteiger partial charge in [-0.05, 0) is 25.2 Å². The Morgan fingerprint density at radius 1 is 1.42 bits per heavy atom. The topological polar surface area (TPSA) is 26.3 Å². The number of ether oxygens (including phenoxy) is 1. The maximum atomic E-state index is 11.5. The predicted octanol–water partition coefficient (Wildman–Crippen LogP) is 1.78. The van der Waals surface area contributed by atoms with Crippen LogP contribution in [-0.4, -0.2) is 18.0 Å². The van der Waals surface area contributed by atoms with E-state index in [1.807, 2.05) is 13.8 Å². The molecule has 3 atom stereocenters. The third-order valence-corrected chi connectivity index (χ3v) is 2.88. The zero-order valence-corrected chi connectivity index (χ0v) is 7.75. The Kier molecular flexibility index (Phi) is 1.95. The van der Waals surface area contributed by atoms with Gasteiger partial charge in [0.2, 0.25) is 0 Å². The average molecular weight is 168 g/mol. The molecule has 0 radical (unpaired) electrons.